The fourth-order valence-electron chi connectivity index (χ4n) is 2.74. The Balaban J connectivity index is 2.18. The van der Waals surface area contributed by atoms with E-state index in [0.717, 1.165) is 18.5 Å². The first-order valence-electron chi connectivity index (χ1n) is 7.56. The van der Waals surface area contributed by atoms with Crippen molar-refractivity contribution < 1.29 is 9.59 Å². The number of hydrogen-bond acceptors (Lipinski definition) is 3. The van der Waals surface area contributed by atoms with E-state index in [1.807, 2.05) is 0 Å². The summed E-state index contributed by atoms with van der Waals surface area (Å²) in [6.07, 6.45) is 6.44. The highest BCUT2D eigenvalue weighted by Gasteiger charge is 2.33. The van der Waals surface area contributed by atoms with E-state index in [0.29, 0.717) is 25.3 Å². The molecule has 1 aliphatic heterocycles. The molecule has 0 unspecified atom stereocenters. The third-order valence-electron chi connectivity index (χ3n) is 3.92. The quantitative estimate of drug-likeness (QED) is 0.899. The van der Waals surface area contributed by atoms with Gasteiger partial charge in [-0.25, -0.2) is 0 Å². The van der Waals surface area contributed by atoms with Crippen molar-refractivity contribution in [3.8, 4) is 0 Å². The molecule has 0 aliphatic carbocycles. The van der Waals surface area contributed by atoms with Gasteiger partial charge in [-0.2, -0.15) is 5.10 Å². The van der Waals surface area contributed by atoms with Gasteiger partial charge in [0.05, 0.1) is 11.9 Å². The molecule has 0 spiro atoms. The summed E-state index contributed by atoms with van der Waals surface area (Å²) in [6, 6.07) is -0.377. The van der Waals surface area contributed by atoms with Crippen LogP contribution in [0.5, 0.6) is 0 Å². The van der Waals surface area contributed by atoms with Crippen molar-refractivity contribution in [1.29, 1.82) is 0 Å². The number of hydrogen-bond donors (Lipinski definition) is 1. The summed E-state index contributed by atoms with van der Waals surface area (Å²) < 4.78 is 0. The van der Waals surface area contributed by atoms with Crippen LogP contribution in [0.2, 0.25) is 0 Å². The van der Waals surface area contributed by atoms with Crippen LogP contribution in [-0.2, 0) is 9.59 Å². The maximum absolute atomic E-state index is 12.8. The maximum atomic E-state index is 12.8. The normalized spacial score (nSPS) is 17.1. The van der Waals surface area contributed by atoms with Crippen LogP contribution >= 0.6 is 0 Å². The molecule has 6 heteroatoms. The molecule has 2 amide bonds. The first kappa shape index (κ1) is 15.5. The van der Waals surface area contributed by atoms with E-state index in [1.165, 1.54) is 0 Å². The van der Waals surface area contributed by atoms with Crippen molar-refractivity contribution in [2.24, 2.45) is 5.92 Å². The Kier molecular flexibility index (Phi) is 4.98. The monoisotopic (exact) mass is 292 g/mol. The number of carbonyl (C=O) groups excluding carboxylic acids is 2. The SMILES string of the molecule is CC(C)C[C@@H](C(=O)N(C)c1cn[nH]c1)N1CCCCC1=O. The highest BCUT2D eigenvalue weighted by atomic mass is 16.2. The number of nitrogens with one attached hydrogen (secondary N) is 1. The molecule has 1 aliphatic rings. The van der Waals surface area contributed by atoms with Gasteiger partial charge in [-0.1, -0.05) is 13.8 Å². The van der Waals surface area contributed by atoms with Crippen LogP contribution in [0.3, 0.4) is 0 Å². The fourth-order valence-corrected chi connectivity index (χ4v) is 2.74. The second-order valence-electron chi connectivity index (χ2n) is 6.04. The van der Waals surface area contributed by atoms with Crippen LogP contribution in [0.25, 0.3) is 0 Å². The summed E-state index contributed by atoms with van der Waals surface area (Å²) in [7, 11) is 1.73. The third-order valence-corrected chi connectivity index (χ3v) is 3.92. The molecule has 1 fully saturated rings. The molecule has 2 heterocycles. The zero-order valence-corrected chi connectivity index (χ0v) is 13.0. The van der Waals surface area contributed by atoms with Gasteiger partial charge in [-0.15, -0.1) is 0 Å². The molecule has 2 rings (SSSR count). The van der Waals surface area contributed by atoms with Gasteiger partial charge >= 0.3 is 0 Å². The van der Waals surface area contributed by atoms with Crippen molar-refractivity contribution >= 4 is 17.5 Å². The summed E-state index contributed by atoms with van der Waals surface area (Å²) in [5, 5.41) is 6.58. The minimum Gasteiger partial charge on any atom is -0.331 e. The number of piperidine rings is 1. The fraction of sp³-hybridized carbons (Fsp3) is 0.667. The van der Waals surface area contributed by atoms with E-state index in [4.69, 9.17) is 0 Å². The highest BCUT2D eigenvalue weighted by molar-refractivity contribution is 5.98. The lowest BCUT2D eigenvalue weighted by atomic mass is 9.98. The Bertz CT molecular complexity index is 484. The van der Waals surface area contributed by atoms with E-state index in [9.17, 15) is 9.59 Å². The first-order chi connectivity index (χ1) is 10.0. The van der Waals surface area contributed by atoms with E-state index >= 15 is 0 Å². The standard InChI is InChI=1S/C15H24N4O2/c1-11(2)8-13(19-7-5-4-6-14(19)20)15(21)18(3)12-9-16-17-10-12/h9-11,13H,4-8H2,1-3H3,(H,16,17)/t13-/m0/s1. The number of aromatic nitrogens is 2. The Morgan fingerprint density at radius 3 is 2.81 bits per heavy atom. The number of likely N-dealkylation sites (N-methyl/N-ethyl adjacent to an activating group) is 1. The zero-order valence-electron chi connectivity index (χ0n) is 13.0. The number of anilines is 1. The minimum absolute atomic E-state index is 0.0413. The molecule has 1 saturated heterocycles. The molecular formula is C15H24N4O2. The van der Waals surface area contributed by atoms with Gasteiger partial charge in [-0.3, -0.25) is 14.7 Å². The van der Waals surface area contributed by atoms with Crippen molar-refractivity contribution in [1.82, 2.24) is 15.1 Å². The van der Waals surface area contributed by atoms with Gasteiger partial charge in [0.1, 0.15) is 6.04 Å². The van der Waals surface area contributed by atoms with Gasteiger partial charge in [0.15, 0.2) is 0 Å². The number of nitrogens with zero attached hydrogens (tertiary/aromatic N) is 3. The zero-order chi connectivity index (χ0) is 15.4. The Morgan fingerprint density at radius 2 is 2.24 bits per heavy atom. The van der Waals surface area contributed by atoms with Crippen LogP contribution in [0.4, 0.5) is 5.69 Å². The van der Waals surface area contributed by atoms with Crippen molar-refractivity contribution in [2.75, 3.05) is 18.5 Å². The average molecular weight is 292 g/mol. The second-order valence-corrected chi connectivity index (χ2v) is 6.04. The first-order valence-corrected chi connectivity index (χ1v) is 7.56. The largest absolute Gasteiger partial charge is 0.331 e. The minimum atomic E-state index is -0.377. The maximum Gasteiger partial charge on any atom is 0.249 e. The van der Waals surface area contributed by atoms with E-state index in [2.05, 4.69) is 24.0 Å². The molecule has 1 atom stereocenters. The summed E-state index contributed by atoms with van der Waals surface area (Å²) >= 11 is 0. The summed E-state index contributed by atoms with van der Waals surface area (Å²) in [4.78, 5) is 28.3. The molecule has 21 heavy (non-hydrogen) atoms. The number of carbonyl (C=O) groups is 2. The topological polar surface area (TPSA) is 69.3 Å². The summed E-state index contributed by atoms with van der Waals surface area (Å²) in [5.41, 5.74) is 0.721. The molecule has 0 aromatic carbocycles. The number of likely N-dealkylation sites (tertiary alicyclic amines) is 1. The number of H-pyrrole nitrogens is 1. The van der Waals surface area contributed by atoms with Gasteiger partial charge in [0, 0.05) is 26.2 Å². The van der Waals surface area contributed by atoms with Gasteiger partial charge in [-0.05, 0) is 25.2 Å². The molecule has 1 N–H and O–H groups in total. The molecule has 116 valence electrons. The van der Waals surface area contributed by atoms with Gasteiger partial charge < -0.3 is 9.80 Å². The number of amides is 2. The lowest BCUT2D eigenvalue weighted by molar-refractivity contribution is -0.141. The smallest absolute Gasteiger partial charge is 0.249 e. The molecule has 1 aromatic heterocycles. The van der Waals surface area contributed by atoms with E-state index in [-0.39, 0.29) is 17.9 Å². The van der Waals surface area contributed by atoms with Gasteiger partial charge in [0.2, 0.25) is 11.8 Å². The van der Waals surface area contributed by atoms with Gasteiger partial charge in [0.25, 0.3) is 0 Å². The highest BCUT2D eigenvalue weighted by Crippen LogP contribution is 2.22. The molecule has 1 aromatic rings. The van der Waals surface area contributed by atoms with Crippen LogP contribution in [0, 0.1) is 5.92 Å². The van der Waals surface area contributed by atoms with Crippen molar-refractivity contribution in [3.05, 3.63) is 12.4 Å². The lowest BCUT2D eigenvalue weighted by Crippen LogP contribution is -2.52. The van der Waals surface area contributed by atoms with Crippen molar-refractivity contribution in [3.63, 3.8) is 0 Å². The second kappa shape index (κ2) is 6.74. The molecule has 0 saturated carbocycles. The van der Waals surface area contributed by atoms with Crippen LogP contribution in [0.1, 0.15) is 39.5 Å². The predicted octanol–water partition coefficient (Wildman–Crippen LogP) is 1.80. The van der Waals surface area contributed by atoms with E-state index < -0.39 is 0 Å². The predicted molar refractivity (Wildman–Crippen MR) is 80.8 cm³/mol. The molecule has 0 radical (unpaired) electrons. The van der Waals surface area contributed by atoms with Crippen LogP contribution in [-0.4, -0.2) is 46.5 Å². The molecule has 6 nitrogen and oxygen atoms in total. The number of aromatic amines is 1. The molecule has 0 bridgehead atoms. The summed E-state index contributed by atoms with van der Waals surface area (Å²) in [6.45, 7) is 4.83. The molecular weight excluding hydrogens is 268 g/mol. The van der Waals surface area contributed by atoms with Crippen LogP contribution in [0.15, 0.2) is 12.4 Å². The third kappa shape index (κ3) is 3.62. The Labute approximate surface area is 125 Å². The Hall–Kier alpha value is -1.85. The summed E-state index contributed by atoms with van der Waals surface area (Å²) in [5.74, 6) is 0.410. The number of rotatable bonds is 5. The van der Waals surface area contributed by atoms with Crippen LogP contribution < -0.4 is 4.90 Å². The average Bonchev–Trinajstić information content (AvgIpc) is 2.98. The van der Waals surface area contributed by atoms with Crippen molar-refractivity contribution in [2.45, 2.75) is 45.6 Å². The Morgan fingerprint density at radius 1 is 1.48 bits per heavy atom. The van der Waals surface area contributed by atoms with E-state index in [1.54, 1.807) is 29.2 Å². The lowest BCUT2D eigenvalue weighted by Gasteiger charge is -2.36.